The molecule has 34 heavy (non-hydrogen) atoms. The number of hydrogen-bond donors (Lipinski definition) is 6. The fraction of sp³-hybridized carbons (Fsp3) is 0.458. The van der Waals surface area contributed by atoms with Crippen LogP contribution in [-0.4, -0.2) is 68.0 Å². The second kappa shape index (κ2) is 9.62. The lowest BCUT2D eigenvalue weighted by molar-refractivity contribution is -0.344. The normalized spacial score (nSPS) is 28.8. The number of aliphatic hydroxyl groups excluding tert-OH is 3. The van der Waals surface area contributed by atoms with Crippen molar-refractivity contribution >= 4 is 17.4 Å². The van der Waals surface area contributed by atoms with Crippen molar-refractivity contribution in [3.8, 4) is 0 Å². The summed E-state index contributed by atoms with van der Waals surface area (Å²) in [5.41, 5.74) is 2.49. The van der Waals surface area contributed by atoms with Gasteiger partial charge in [-0.1, -0.05) is 41.9 Å². The molecule has 0 aliphatic carbocycles. The molecule has 2 fully saturated rings. The molecule has 184 valence electrons. The molecule has 0 saturated carbocycles. The quantitative estimate of drug-likeness (QED) is 0.238. The van der Waals surface area contributed by atoms with Crippen LogP contribution in [0.15, 0.2) is 42.5 Å². The summed E-state index contributed by atoms with van der Waals surface area (Å²) in [6.07, 6.45) is -6.78. The topological polar surface area (TPSA) is 157 Å². The van der Waals surface area contributed by atoms with Crippen LogP contribution in [-0.2, 0) is 21.7 Å². The van der Waals surface area contributed by atoms with E-state index >= 15 is 0 Å². The van der Waals surface area contributed by atoms with Crippen LogP contribution in [0.3, 0.4) is 0 Å². The smallest absolute Gasteiger partial charge is 0.203 e. The molecular formula is C24H27ClO9. The van der Waals surface area contributed by atoms with Gasteiger partial charge < -0.3 is 40.1 Å². The number of Topliss-reactive ketones (excluding diaryl/α,β-unsaturated/α-hetero) is 1. The van der Waals surface area contributed by atoms with E-state index in [2.05, 4.69) is 0 Å². The Balaban J connectivity index is 1.74. The number of carbonyl (C=O) groups excluding carboxylic acids is 1. The third-order valence-corrected chi connectivity index (χ3v) is 7.10. The first-order valence-electron chi connectivity index (χ1n) is 10.8. The summed E-state index contributed by atoms with van der Waals surface area (Å²) in [7, 11) is 0. The number of aliphatic hydroxyl groups is 6. The van der Waals surface area contributed by atoms with Gasteiger partial charge in [-0.15, -0.1) is 0 Å². The molecule has 0 radical (unpaired) electrons. The molecule has 5 unspecified atom stereocenters. The first-order chi connectivity index (χ1) is 16.0. The zero-order chi connectivity index (χ0) is 24.8. The zero-order valence-corrected chi connectivity index (χ0v) is 19.0. The van der Waals surface area contributed by atoms with Crippen LogP contribution < -0.4 is 0 Å². The Morgan fingerprint density at radius 1 is 1.00 bits per heavy atom. The Bertz CT molecular complexity index is 1040. The van der Waals surface area contributed by atoms with Crippen molar-refractivity contribution in [3.05, 3.63) is 69.7 Å². The maximum Gasteiger partial charge on any atom is 0.203 e. The molecule has 2 heterocycles. The molecule has 9 nitrogen and oxygen atoms in total. The Hall–Kier alpha value is -1.92. The summed E-state index contributed by atoms with van der Waals surface area (Å²) in [5.74, 6) is -5.89. The van der Waals surface area contributed by atoms with Crippen molar-refractivity contribution in [2.75, 3.05) is 6.61 Å². The van der Waals surface area contributed by atoms with E-state index in [0.717, 1.165) is 5.56 Å². The van der Waals surface area contributed by atoms with E-state index < -0.39 is 48.5 Å². The number of fused-ring (bicyclic) bond motifs is 2. The van der Waals surface area contributed by atoms with Crippen LogP contribution in [0, 0.1) is 17.8 Å². The van der Waals surface area contributed by atoms with Gasteiger partial charge in [0.25, 0.3) is 0 Å². The van der Waals surface area contributed by atoms with Crippen molar-refractivity contribution < 1.29 is 44.9 Å². The summed E-state index contributed by atoms with van der Waals surface area (Å²) >= 11 is 6.43. The van der Waals surface area contributed by atoms with Gasteiger partial charge >= 0.3 is 0 Å². The van der Waals surface area contributed by atoms with E-state index in [9.17, 15) is 35.4 Å². The molecule has 2 aromatic carbocycles. The second-order valence-corrected chi connectivity index (χ2v) is 9.20. The molecular weight excluding hydrogens is 468 g/mol. The van der Waals surface area contributed by atoms with E-state index in [1.165, 1.54) is 6.92 Å². The van der Waals surface area contributed by atoms with E-state index in [-0.39, 0.29) is 12.4 Å². The van der Waals surface area contributed by atoms with Gasteiger partial charge in [-0.3, -0.25) is 4.79 Å². The highest BCUT2D eigenvalue weighted by Gasteiger charge is 2.65. The van der Waals surface area contributed by atoms with Crippen molar-refractivity contribution in [1.29, 1.82) is 0 Å². The number of halogens is 1. The first kappa shape index (κ1) is 25.2. The predicted octanol–water partition coefficient (Wildman–Crippen LogP) is 0.496. The number of rotatable bonds is 7. The van der Waals surface area contributed by atoms with Crippen molar-refractivity contribution in [3.63, 3.8) is 0 Å². The van der Waals surface area contributed by atoms with Crippen LogP contribution in [0.5, 0.6) is 0 Å². The molecule has 2 aliphatic heterocycles. The van der Waals surface area contributed by atoms with Crippen LogP contribution in [0.25, 0.3) is 0 Å². The lowest BCUT2D eigenvalue weighted by Crippen LogP contribution is -2.59. The predicted molar refractivity (Wildman–Crippen MR) is 118 cm³/mol. The van der Waals surface area contributed by atoms with E-state index in [1.807, 2.05) is 12.1 Å². The Labute approximate surface area is 200 Å². The molecule has 6 N–H and O–H groups in total. The first-order valence-corrected chi connectivity index (χ1v) is 11.2. The highest BCUT2D eigenvalue weighted by atomic mass is 35.5. The van der Waals surface area contributed by atoms with Crippen LogP contribution >= 0.6 is 11.6 Å². The lowest BCUT2D eigenvalue weighted by Gasteiger charge is -2.49. The van der Waals surface area contributed by atoms with Crippen LogP contribution in [0.4, 0.5) is 0 Å². The zero-order valence-electron chi connectivity index (χ0n) is 18.3. The highest BCUT2D eigenvalue weighted by molar-refractivity contribution is 6.31. The maximum atomic E-state index is 11.5. The summed E-state index contributed by atoms with van der Waals surface area (Å²) in [6, 6.07) is 11.9. The molecule has 2 bridgehead atoms. The number of ether oxygens (including phenoxy) is 2. The highest BCUT2D eigenvalue weighted by Crippen LogP contribution is 2.55. The number of benzene rings is 2. The summed E-state index contributed by atoms with van der Waals surface area (Å²) in [4.78, 5) is 11.5. The van der Waals surface area contributed by atoms with Crippen LogP contribution in [0.2, 0.25) is 5.02 Å². The van der Waals surface area contributed by atoms with E-state index in [4.69, 9.17) is 21.1 Å². The third-order valence-electron chi connectivity index (χ3n) is 6.73. The fourth-order valence-corrected chi connectivity index (χ4v) is 5.31. The molecule has 5 atom stereocenters. The van der Waals surface area contributed by atoms with Gasteiger partial charge in [0.15, 0.2) is 24.7 Å². The Morgan fingerprint density at radius 3 is 2.21 bits per heavy atom. The average molecular weight is 495 g/mol. The SMILES string of the molecule is CC(=O)c1ccc(Cc2cc(C34OCC(O3)C(C(O)O)C(C(O)O)C4C(O)O)ccc2Cl)cc1. The maximum absolute atomic E-state index is 11.5. The standard InChI is InChI=1S/C24H27ClO9/c1-11(26)13-4-2-12(3-5-13)8-14-9-15(6-7-16(14)25)24-20(23(31)32)19(22(29)30)18(21(27)28)17(34-24)10-33-24/h2-7,9,17-23,27-32H,8,10H2,1H3. The summed E-state index contributed by atoms with van der Waals surface area (Å²) < 4.78 is 11.9. The molecule has 2 aromatic rings. The monoisotopic (exact) mass is 494 g/mol. The largest absolute Gasteiger partial charge is 0.368 e. The number of carbonyl (C=O) groups is 1. The molecule has 4 rings (SSSR count). The number of ketones is 1. The minimum absolute atomic E-state index is 0.0476. The van der Waals surface area contributed by atoms with Crippen LogP contribution in [0.1, 0.15) is 34.0 Å². The van der Waals surface area contributed by atoms with Crippen molar-refractivity contribution in [2.45, 2.75) is 44.1 Å². The summed E-state index contributed by atoms with van der Waals surface area (Å²) in [6.45, 7) is 1.36. The minimum atomic E-state index is -2.13. The van der Waals surface area contributed by atoms with Gasteiger partial charge in [0, 0.05) is 28.0 Å². The van der Waals surface area contributed by atoms with Gasteiger partial charge in [0.05, 0.1) is 18.6 Å². The Kier molecular flexibility index (Phi) is 7.12. The minimum Gasteiger partial charge on any atom is -0.368 e. The molecule has 0 aromatic heterocycles. The molecule has 2 aliphatic rings. The summed E-state index contributed by atoms with van der Waals surface area (Å²) in [5, 5.41) is 60.7. The molecule has 0 amide bonds. The second-order valence-electron chi connectivity index (χ2n) is 8.79. The molecule has 10 heteroatoms. The number of hydrogen-bond acceptors (Lipinski definition) is 9. The van der Waals surface area contributed by atoms with Gasteiger partial charge in [-0.25, -0.2) is 0 Å². The van der Waals surface area contributed by atoms with Crippen molar-refractivity contribution in [1.82, 2.24) is 0 Å². The third kappa shape index (κ3) is 4.39. The van der Waals surface area contributed by atoms with Gasteiger partial charge in [0.2, 0.25) is 5.79 Å². The van der Waals surface area contributed by atoms with E-state index in [1.54, 1.807) is 30.3 Å². The van der Waals surface area contributed by atoms with Gasteiger partial charge in [-0.05, 0) is 36.6 Å². The fourth-order valence-electron chi connectivity index (χ4n) is 5.12. The lowest BCUT2D eigenvalue weighted by atomic mass is 9.70. The van der Waals surface area contributed by atoms with Gasteiger partial charge in [0.1, 0.15) is 0 Å². The van der Waals surface area contributed by atoms with Crippen molar-refractivity contribution in [2.24, 2.45) is 17.8 Å². The Morgan fingerprint density at radius 2 is 1.65 bits per heavy atom. The molecule has 0 spiro atoms. The molecule has 2 saturated heterocycles. The van der Waals surface area contributed by atoms with Gasteiger partial charge in [-0.2, -0.15) is 0 Å². The average Bonchev–Trinajstić information content (AvgIpc) is 3.14. The van der Waals surface area contributed by atoms with E-state index in [0.29, 0.717) is 28.1 Å².